The van der Waals surface area contributed by atoms with Crippen LogP contribution in [-0.2, 0) is 11.0 Å². The highest BCUT2D eigenvalue weighted by Crippen LogP contribution is 2.34. The lowest BCUT2D eigenvalue weighted by atomic mass is 10.2. The molecule has 0 saturated carbocycles. The molecule has 0 heterocycles. The Morgan fingerprint density at radius 3 is 2.50 bits per heavy atom. The maximum atomic E-state index is 12.4. The normalized spacial score (nSPS) is 11.3. The summed E-state index contributed by atoms with van der Waals surface area (Å²) in [5.41, 5.74) is -0.504. The number of rotatable bonds is 2. The fraction of sp³-hybridized carbons (Fsp3) is 0.300. The monoisotopic (exact) mass is 249 g/mol. The number of anilines is 1. The highest BCUT2D eigenvalue weighted by Gasteiger charge is 2.32. The Morgan fingerprint density at radius 2 is 2.06 bits per heavy atom. The molecule has 0 radical (unpaired) electrons. The molecule has 0 unspecified atom stereocenters. The van der Waals surface area contributed by atoms with Gasteiger partial charge in [-0.15, -0.1) is 12.6 Å². The van der Waals surface area contributed by atoms with Gasteiger partial charge in [0.05, 0.1) is 5.56 Å². The largest absolute Gasteiger partial charge is 0.417 e. The van der Waals surface area contributed by atoms with E-state index in [2.05, 4.69) is 17.9 Å². The number of alkyl halides is 3. The smallest absolute Gasteiger partial charge is 0.326 e. The quantitative estimate of drug-likeness (QED) is 0.773. The van der Waals surface area contributed by atoms with E-state index in [1.165, 1.54) is 12.1 Å². The van der Waals surface area contributed by atoms with Gasteiger partial charge >= 0.3 is 6.18 Å². The first-order chi connectivity index (χ1) is 7.34. The maximum absolute atomic E-state index is 12.4. The van der Waals surface area contributed by atoms with Crippen LogP contribution >= 0.6 is 12.6 Å². The molecule has 88 valence electrons. The van der Waals surface area contributed by atoms with E-state index in [1.54, 1.807) is 6.92 Å². The van der Waals surface area contributed by atoms with Gasteiger partial charge in [-0.3, -0.25) is 4.79 Å². The summed E-state index contributed by atoms with van der Waals surface area (Å²) in [5.74, 6) is -0.257. The van der Waals surface area contributed by atoms with Gasteiger partial charge < -0.3 is 5.32 Å². The van der Waals surface area contributed by atoms with Crippen molar-refractivity contribution in [1.29, 1.82) is 0 Å². The van der Waals surface area contributed by atoms with E-state index in [0.717, 1.165) is 6.07 Å². The van der Waals surface area contributed by atoms with Crippen molar-refractivity contribution in [2.45, 2.75) is 24.4 Å². The van der Waals surface area contributed by atoms with Crippen molar-refractivity contribution in [3.05, 3.63) is 23.8 Å². The van der Waals surface area contributed by atoms with Crippen LogP contribution in [0.2, 0.25) is 0 Å². The summed E-state index contributed by atoms with van der Waals surface area (Å²) in [6.07, 6.45) is -4.16. The predicted molar refractivity (Wildman–Crippen MR) is 57.6 cm³/mol. The standard InChI is InChI=1S/C10H10F3NOS/c1-2-9(15)14-6-3-4-7(8(16)5-6)10(11,12)13/h3-5,16H,2H2,1H3,(H,14,15). The third-order valence-corrected chi connectivity index (χ3v) is 2.28. The van der Waals surface area contributed by atoms with Crippen LogP contribution in [0.5, 0.6) is 0 Å². The number of carbonyl (C=O) groups is 1. The molecule has 1 aromatic rings. The molecule has 6 heteroatoms. The van der Waals surface area contributed by atoms with Crippen LogP contribution in [0.15, 0.2) is 23.1 Å². The van der Waals surface area contributed by atoms with Crippen molar-refractivity contribution in [3.63, 3.8) is 0 Å². The highest BCUT2D eigenvalue weighted by atomic mass is 32.1. The van der Waals surface area contributed by atoms with Gasteiger partial charge in [0.25, 0.3) is 0 Å². The minimum absolute atomic E-state index is 0.207. The predicted octanol–water partition coefficient (Wildman–Crippen LogP) is 3.34. The second-order valence-corrected chi connectivity index (χ2v) is 3.61. The van der Waals surface area contributed by atoms with E-state index in [0.29, 0.717) is 5.69 Å². The molecular weight excluding hydrogens is 239 g/mol. The van der Waals surface area contributed by atoms with Gasteiger partial charge in [-0.2, -0.15) is 13.2 Å². The van der Waals surface area contributed by atoms with Gasteiger partial charge in [0.2, 0.25) is 5.91 Å². The molecule has 1 aromatic carbocycles. The van der Waals surface area contributed by atoms with Gasteiger partial charge in [-0.25, -0.2) is 0 Å². The molecule has 0 atom stereocenters. The van der Waals surface area contributed by atoms with E-state index in [1.807, 2.05) is 0 Å². The maximum Gasteiger partial charge on any atom is 0.417 e. The van der Waals surface area contributed by atoms with Gasteiger partial charge in [-0.1, -0.05) is 6.92 Å². The van der Waals surface area contributed by atoms with Crippen molar-refractivity contribution in [2.75, 3.05) is 5.32 Å². The summed E-state index contributed by atoms with van der Waals surface area (Å²) in [6, 6.07) is 3.28. The zero-order chi connectivity index (χ0) is 12.3. The molecule has 0 aliphatic heterocycles. The highest BCUT2D eigenvalue weighted by molar-refractivity contribution is 7.80. The Balaban J connectivity index is 2.96. The molecule has 0 aromatic heterocycles. The molecule has 0 saturated heterocycles. The average molecular weight is 249 g/mol. The molecule has 1 N–H and O–H groups in total. The average Bonchev–Trinajstić information content (AvgIpc) is 2.15. The third kappa shape index (κ3) is 3.16. The SMILES string of the molecule is CCC(=O)Nc1ccc(C(F)(F)F)c(S)c1. The van der Waals surface area contributed by atoms with Gasteiger partial charge in [0.1, 0.15) is 0 Å². The number of hydrogen-bond acceptors (Lipinski definition) is 2. The first kappa shape index (κ1) is 12.9. The minimum atomic E-state index is -4.43. The zero-order valence-electron chi connectivity index (χ0n) is 8.43. The Labute approximate surface area is 96.3 Å². The Bertz CT molecular complexity index is 404. The number of amides is 1. The summed E-state index contributed by atoms with van der Waals surface area (Å²) in [4.78, 5) is 10.8. The van der Waals surface area contributed by atoms with E-state index in [9.17, 15) is 18.0 Å². The number of thiol groups is 1. The zero-order valence-corrected chi connectivity index (χ0v) is 9.32. The Kier molecular flexibility index (Phi) is 3.85. The Hall–Kier alpha value is -1.17. The molecule has 1 amide bonds. The fourth-order valence-corrected chi connectivity index (χ4v) is 1.44. The lowest BCUT2D eigenvalue weighted by Crippen LogP contribution is -2.11. The van der Waals surface area contributed by atoms with Crippen molar-refractivity contribution in [3.8, 4) is 0 Å². The number of carbonyl (C=O) groups excluding carboxylic acids is 1. The van der Waals surface area contributed by atoms with Crippen molar-refractivity contribution < 1.29 is 18.0 Å². The van der Waals surface area contributed by atoms with Crippen molar-refractivity contribution in [2.24, 2.45) is 0 Å². The first-order valence-electron chi connectivity index (χ1n) is 4.54. The summed E-state index contributed by atoms with van der Waals surface area (Å²) in [5, 5.41) is 2.46. The Morgan fingerprint density at radius 1 is 1.44 bits per heavy atom. The summed E-state index contributed by atoms with van der Waals surface area (Å²) < 4.78 is 37.1. The second-order valence-electron chi connectivity index (χ2n) is 3.13. The van der Waals surface area contributed by atoms with Crippen LogP contribution in [-0.4, -0.2) is 5.91 Å². The summed E-state index contributed by atoms with van der Waals surface area (Å²) >= 11 is 3.74. The van der Waals surface area contributed by atoms with E-state index in [4.69, 9.17) is 0 Å². The van der Waals surface area contributed by atoms with Crippen LogP contribution in [0.4, 0.5) is 18.9 Å². The van der Waals surface area contributed by atoms with Crippen molar-refractivity contribution >= 4 is 24.2 Å². The van der Waals surface area contributed by atoms with Crippen LogP contribution < -0.4 is 5.32 Å². The number of halogens is 3. The van der Waals surface area contributed by atoms with Crippen LogP contribution in [0.25, 0.3) is 0 Å². The molecule has 0 bridgehead atoms. The molecule has 2 nitrogen and oxygen atoms in total. The first-order valence-corrected chi connectivity index (χ1v) is 4.99. The number of benzene rings is 1. The van der Waals surface area contributed by atoms with E-state index < -0.39 is 11.7 Å². The van der Waals surface area contributed by atoms with Gasteiger partial charge in [0.15, 0.2) is 0 Å². The molecule has 1 rings (SSSR count). The molecule has 16 heavy (non-hydrogen) atoms. The lowest BCUT2D eigenvalue weighted by Gasteiger charge is -2.11. The summed E-state index contributed by atoms with van der Waals surface area (Å²) in [6.45, 7) is 1.65. The van der Waals surface area contributed by atoms with Gasteiger partial charge in [0, 0.05) is 17.0 Å². The van der Waals surface area contributed by atoms with Crippen molar-refractivity contribution in [1.82, 2.24) is 0 Å². The van der Waals surface area contributed by atoms with E-state index in [-0.39, 0.29) is 17.2 Å². The van der Waals surface area contributed by atoms with E-state index >= 15 is 0 Å². The molecule has 0 aliphatic carbocycles. The number of hydrogen-bond donors (Lipinski definition) is 2. The molecule has 0 aliphatic rings. The molecular formula is C10H10F3NOS. The van der Waals surface area contributed by atoms with Gasteiger partial charge in [-0.05, 0) is 18.2 Å². The van der Waals surface area contributed by atoms with Crippen LogP contribution in [0, 0.1) is 0 Å². The van der Waals surface area contributed by atoms with Crippen LogP contribution in [0.1, 0.15) is 18.9 Å². The summed E-state index contributed by atoms with van der Waals surface area (Å²) in [7, 11) is 0. The third-order valence-electron chi connectivity index (χ3n) is 1.91. The molecule has 0 spiro atoms. The topological polar surface area (TPSA) is 29.1 Å². The lowest BCUT2D eigenvalue weighted by molar-refractivity contribution is -0.139. The minimum Gasteiger partial charge on any atom is -0.326 e. The number of nitrogens with one attached hydrogen (secondary N) is 1. The fourth-order valence-electron chi connectivity index (χ4n) is 1.10. The second kappa shape index (κ2) is 4.78. The van der Waals surface area contributed by atoms with Crippen LogP contribution in [0.3, 0.4) is 0 Å². The molecule has 0 fully saturated rings.